The van der Waals surface area contributed by atoms with E-state index in [2.05, 4.69) is 5.32 Å². The Morgan fingerprint density at radius 2 is 1.95 bits per heavy atom. The number of ether oxygens (including phenoxy) is 1. The molecule has 1 amide bonds. The number of amides is 1. The lowest BCUT2D eigenvalue weighted by molar-refractivity contribution is -0.115. The molecule has 0 aliphatic heterocycles. The molecule has 1 aromatic rings. The fourth-order valence-corrected chi connectivity index (χ4v) is 2.56. The second-order valence-electron chi connectivity index (χ2n) is 4.28. The zero-order valence-corrected chi connectivity index (χ0v) is 13.0. The maximum Gasteiger partial charge on any atom is 0.246 e. The molecule has 20 heavy (non-hydrogen) atoms. The summed E-state index contributed by atoms with van der Waals surface area (Å²) in [4.78, 5) is 11.4. The van der Waals surface area contributed by atoms with E-state index < -0.39 is 10.0 Å². The summed E-state index contributed by atoms with van der Waals surface area (Å²) in [5, 5.41) is 2.63. The molecule has 0 aliphatic rings. The fourth-order valence-electron chi connectivity index (χ4n) is 1.51. The summed E-state index contributed by atoms with van der Waals surface area (Å²) in [6.07, 6.45) is 0.322. The van der Waals surface area contributed by atoms with Gasteiger partial charge in [-0.15, -0.1) is 0 Å². The van der Waals surface area contributed by atoms with Crippen molar-refractivity contribution in [2.75, 3.05) is 26.0 Å². The monoisotopic (exact) mass is 300 g/mol. The van der Waals surface area contributed by atoms with Crippen LogP contribution in [0.2, 0.25) is 0 Å². The Labute approximate surface area is 119 Å². The van der Waals surface area contributed by atoms with Gasteiger partial charge < -0.3 is 10.1 Å². The summed E-state index contributed by atoms with van der Waals surface area (Å²) in [5.41, 5.74) is 0.431. The number of hydrogen-bond acceptors (Lipinski definition) is 4. The predicted octanol–water partition coefficient (Wildman–Crippen LogP) is 1.68. The molecule has 7 heteroatoms. The Bertz CT molecular complexity index is 582. The van der Waals surface area contributed by atoms with Crippen LogP contribution in [0.5, 0.6) is 5.75 Å². The van der Waals surface area contributed by atoms with Gasteiger partial charge in [0.15, 0.2) is 0 Å². The first kappa shape index (κ1) is 16.5. The van der Waals surface area contributed by atoms with Crippen LogP contribution in [0.25, 0.3) is 0 Å². The zero-order chi connectivity index (χ0) is 15.3. The Hall–Kier alpha value is -1.60. The first-order valence-corrected chi connectivity index (χ1v) is 7.76. The molecule has 6 nitrogen and oxygen atoms in total. The third-order valence-corrected chi connectivity index (χ3v) is 4.44. The van der Waals surface area contributed by atoms with Gasteiger partial charge in [0.2, 0.25) is 15.9 Å². The molecule has 1 aromatic carbocycles. The largest absolute Gasteiger partial charge is 0.492 e. The van der Waals surface area contributed by atoms with Gasteiger partial charge in [0, 0.05) is 26.2 Å². The first-order valence-electron chi connectivity index (χ1n) is 6.32. The first-order chi connectivity index (χ1) is 9.32. The molecule has 0 saturated heterocycles. The molecular weight excluding hydrogens is 280 g/mol. The Morgan fingerprint density at radius 1 is 1.30 bits per heavy atom. The van der Waals surface area contributed by atoms with Gasteiger partial charge in [-0.1, -0.05) is 6.92 Å². The van der Waals surface area contributed by atoms with E-state index in [1.807, 2.05) is 0 Å². The standard InChI is InChI=1S/C13H20N2O4S/c1-5-13(16)14-10-7-8-11(19-6-2)12(9-10)20(17,18)15(3)4/h7-9H,5-6H2,1-4H3,(H,14,16). The second-order valence-corrected chi connectivity index (χ2v) is 6.40. The highest BCUT2D eigenvalue weighted by atomic mass is 32.2. The molecule has 0 bridgehead atoms. The van der Waals surface area contributed by atoms with E-state index >= 15 is 0 Å². The van der Waals surface area contributed by atoms with E-state index in [4.69, 9.17) is 4.74 Å². The Kier molecular flexibility index (Phi) is 5.52. The number of rotatable bonds is 6. The lowest BCUT2D eigenvalue weighted by Crippen LogP contribution is -2.23. The number of sulfonamides is 1. The van der Waals surface area contributed by atoms with Gasteiger partial charge in [-0.05, 0) is 25.1 Å². The van der Waals surface area contributed by atoms with E-state index in [-0.39, 0.29) is 16.6 Å². The van der Waals surface area contributed by atoms with Gasteiger partial charge in [-0.2, -0.15) is 0 Å². The Balaban J connectivity index is 3.29. The van der Waals surface area contributed by atoms with Crippen molar-refractivity contribution in [3.8, 4) is 5.75 Å². The lowest BCUT2D eigenvalue weighted by Gasteiger charge is -2.16. The van der Waals surface area contributed by atoms with Crippen LogP contribution in [0.15, 0.2) is 23.1 Å². The van der Waals surface area contributed by atoms with Crippen molar-refractivity contribution >= 4 is 21.6 Å². The molecule has 1 N–H and O–H groups in total. The quantitative estimate of drug-likeness (QED) is 0.867. The van der Waals surface area contributed by atoms with Crippen molar-refractivity contribution in [1.29, 1.82) is 0 Å². The summed E-state index contributed by atoms with van der Waals surface area (Å²) >= 11 is 0. The molecule has 0 saturated carbocycles. The maximum absolute atomic E-state index is 12.3. The fraction of sp³-hybridized carbons (Fsp3) is 0.462. The summed E-state index contributed by atoms with van der Waals surface area (Å²) in [5.74, 6) is 0.0954. The average Bonchev–Trinajstić information content (AvgIpc) is 2.40. The molecule has 112 valence electrons. The van der Waals surface area contributed by atoms with E-state index in [1.165, 1.54) is 20.2 Å². The molecule has 0 heterocycles. The third-order valence-electron chi connectivity index (χ3n) is 2.61. The Morgan fingerprint density at radius 3 is 2.45 bits per heavy atom. The molecule has 0 unspecified atom stereocenters. The van der Waals surface area contributed by atoms with Crippen LogP contribution in [-0.2, 0) is 14.8 Å². The zero-order valence-electron chi connectivity index (χ0n) is 12.1. The van der Waals surface area contributed by atoms with E-state index in [1.54, 1.807) is 26.0 Å². The minimum Gasteiger partial charge on any atom is -0.492 e. The molecule has 0 fully saturated rings. The van der Waals surface area contributed by atoms with Crippen LogP contribution < -0.4 is 10.1 Å². The van der Waals surface area contributed by atoms with Gasteiger partial charge in [-0.25, -0.2) is 12.7 Å². The van der Waals surface area contributed by atoms with Crippen LogP contribution in [0.1, 0.15) is 20.3 Å². The maximum atomic E-state index is 12.3. The lowest BCUT2D eigenvalue weighted by atomic mass is 10.3. The third kappa shape index (κ3) is 3.71. The molecule has 1 rings (SSSR count). The average molecular weight is 300 g/mol. The van der Waals surface area contributed by atoms with E-state index in [9.17, 15) is 13.2 Å². The van der Waals surface area contributed by atoms with Crippen LogP contribution in [0.4, 0.5) is 5.69 Å². The van der Waals surface area contributed by atoms with Crippen LogP contribution >= 0.6 is 0 Å². The van der Waals surface area contributed by atoms with Gasteiger partial charge in [-0.3, -0.25) is 4.79 Å². The highest BCUT2D eigenvalue weighted by Gasteiger charge is 2.23. The van der Waals surface area contributed by atoms with Gasteiger partial charge in [0.25, 0.3) is 0 Å². The minimum absolute atomic E-state index is 0.0400. The number of carbonyl (C=O) groups excluding carboxylic acids is 1. The van der Waals surface area contributed by atoms with Crippen LogP contribution in [0.3, 0.4) is 0 Å². The van der Waals surface area contributed by atoms with Crippen LogP contribution in [0, 0.1) is 0 Å². The molecular formula is C13H20N2O4S. The van der Waals surface area contributed by atoms with Gasteiger partial charge >= 0.3 is 0 Å². The van der Waals surface area contributed by atoms with Crippen molar-refractivity contribution in [2.24, 2.45) is 0 Å². The number of hydrogen-bond donors (Lipinski definition) is 1. The molecule has 0 radical (unpaired) electrons. The number of anilines is 1. The summed E-state index contributed by atoms with van der Waals surface area (Å²) < 4.78 is 31.0. The molecule has 0 spiro atoms. The van der Waals surface area contributed by atoms with Gasteiger partial charge in [0.05, 0.1) is 6.61 Å². The molecule has 0 aromatic heterocycles. The van der Waals surface area contributed by atoms with E-state index in [0.29, 0.717) is 18.7 Å². The summed E-state index contributed by atoms with van der Waals surface area (Å²) in [6, 6.07) is 4.58. The van der Waals surface area contributed by atoms with Crippen molar-refractivity contribution in [1.82, 2.24) is 4.31 Å². The van der Waals surface area contributed by atoms with E-state index in [0.717, 1.165) is 4.31 Å². The van der Waals surface area contributed by atoms with Crippen molar-refractivity contribution in [3.63, 3.8) is 0 Å². The van der Waals surface area contributed by atoms with Crippen LogP contribution in [-0.4, -0.2) is 39.3 Å². The number of benzene rings is 1. The molecule has 0 aliphatic carbocycles. The smallest absolute Gasteiger partial charge is 0.246 e. The van der Waals surface area contributed by atoms with Gasteiger partial charge in [0.1, 0.15) is 10.6 Å². The summed E-state index contributed by atoms with van der Waals surface area (Å²) in [6.45, 7) is 3.86. The minimum atomic E-state index is -3.64. The topological polar surface area (TPSA) is 75.7 Å². The number of nitrogens with one attached hydrogen (secondary N) is 1. The summed E-state index contributed by atoms with van der Waals surface area (Å²) in [7, 11) is -0.744. The van der Waals surface area contributed by atoms with Crippen molar-refractivity contribution < 1.29 is 17.9 Å². The number of carbonyl (C=O) groups is 1. The number of nitrogens with zero attached hydrogens (tertiary/aromatic N) is 1. The van der Waals surface area contributed by atoms with Crippen molar-refractivity contribution in [3.05, 3.63) is 18.2 Å². The predicted molar refractivity (Wildman–Crippen MR) is 77.4 cm³/mol. The van der Waals surface area contributed by atoms with Crippen molar-refractivity contribution in [2.45, 2.75) is 25.2 Å². The highest BCUT2D eigenvalue weighted by molar-refractivity contribution is 7.89. The SMILES string of the molecule is CCOc1ccc(NC(=O)CC)cc1S(=O)(=O)N(C)C. The second kappa shape index (κ2) is 6.71. The highest BCUT2D eigenvalue weighted by Crippen LogP contribution is 2.29. The normalized spacial score (nSPS) is 11.4. The molecule has 0 atom stereocenters.